The van der Waals surface area contributed by atoms with E-state index in [1.54, 1.807) is 24.7 Å². The van der Waals surface area contributed by atoms with Gasteiger partial charge in [-0.2, -0.15) is 0 Å². The molecule has 0 saturated heterocycles. The minimum atomic E-state index is -0.237. The van der Waals surface area contributed by atoms with Crippen LogP contribution in [-0.2, 0) is 0 Å². The van der Waals surface area contributed by atoms with E-state index in [1.807, 2.05) is 36.7 Å². The lowest BCUT2D eigenvalue weighted by Crippen LogP contribution is -2.15. The topological polar surface area (TPSA) is 110 Å². The Hall–Kier alpha value is -3.78. The number of anilines is 2. The number of rotatable bonds is 6. The Balaban J connectivity index is 1.70. The molecule has 4 aromatic rings. The number of pyridine rings is 1. The fourth-order valence-corrected chi connectivity index (χ4v) is 4.02. The van der Waals surface area contributed by atoms with Crippen LogP contribution in [0, 0.1) is 6.92 Å². The van der Waals surface area contributed by atoms with Crippen LogP contribution in [0.25, 0.3) is 16.8 Å². The van der Waals surface area contributed by atoms with Gasteiger partial charge in [-0.05, 0) is 56.1 Å². The van der Waals surface area contributed by atoms with Gasteiger partial charge in [-0.3, -0.25) is 14.2 Å². The van der Waals surface area contributed by atoms with Crippen molar-refractivity contribution in [1.29, 1.82) is 0 Å². The minimum absolute atomic E-state index is 0.00968. The minimum Gasteiger partial charge on any atom is -0.382 e. The Morgan fingerprint density at radius 1 is 1.15 bits per heavy atom. The molecule has 4 N–H and O–H groups in total. The number of carbonyl (C=O) groups is 1. The highest BCUT2D eigenvalue weighted by molar-refractivity contribution is 6.05. The van der Waals surface area contributed by atoms with E-state index in [2.05, 4.69) is 47.4 Å². The molecule has 8 nitrogen and oxygen atoms in total. The Morgan fingerprint density at radius 3 is 2.64 bits per heavy atom. The zero-order valence-electron chi connectivity index (χ0n) is 19.5. The molecule has 4 rings (SSSR count). The molecule has 3 aromatic heterocycles. The summed E-state index contributed by atoms with van der Waals surface area (Å²) in [4.78, 5) is 26.3. The molecule has 0 aliphatic carbocycles. The predicted octanol–water partition coefficient (Wildman–Crippen LogP) is 4.34. The first kappa shape index (κ1) is 22.4. The maximum Gasteiger partial charge on any atom is 0.257 e. The number of nitrogens with one attached hydrogen (secondary N) is 2. The summed E-state index contributed by atoms with van der Waals surface area (Å²) in [5, 5.41) is 6.18. The number of aryl methyl sites for hydroxylation is 1. The second-order valence-corrected chi connectivity index (χ2v) is 8.50. The van der Waals surface area contributed by atoms with Gasteiger partial charge in [-0.25, -0.2) is 9.97 Å². The van der Waals surface area contributed by atoms with Crippen molar-refractivity contribution in [2.75, 3.05) is 18.1 Å². The van der Waals surface area contributed by atoms with E-state index in [0.29, 0.717) is 34.1 Å². The summed E-state index contributed by atoms with van der Waals surface area (Å²) in [6, 6.07) is 7.75. The molecule has 0 aliphatic rings. The molecule has 3 heterocycles. The van der Waals surface area contributed by atoms with Crippen LogP contribution in [0.2, 0.25) is 0 Å². The summed E-state index contributed by atoms with van der Waals surface area (Å²) in [6.07, 6.45) is 6.71. The molecule has 0 aliphatic heterocycles. The smallest absolute Gasteiger partial charge is 0.257 e. The molecular formula is C25H29N7O. The van der Waals surface area contributed by atoms with E-state index < -0.39 is 0 Å². The van der Waals surface area contributed by atoms with E-state index in [-0.39, 0.29) is 11.9 Å². The third-order valence-electron chi connectivity index (χ3n) is 5.85. The summed E-state index contributed by atoms with van der Waals surface area (Å²) >= 11 is 0. The molecule has 1 aromatic carbocycles. The highest BCUT2D eigenvalue weighted by Gasteiger charge is 2.20. The van der Waals surface area contributed by atoms with Crippen LogP contribution < -0.4 is 16.4 Å². The Bertz CT molecular complexity index is 1330. The highest BCUT2D eigenvalue weighted by atomic mass is 16.1. The molecule has 33 heavy (non-hydrogen) atoms. The van der Waals surface area contributed by atoms with Gasteiger partial charge in [0.1, 0.15) is 22.9 Å². The Kier molecular flexibility index (Phi) is 6.11. The standard InChI is InChI=1S/C25H29N7O/c1-14(2)20-7-6-19(10-15(20)3)30-25(33)18-11-17(12-28-13-18)21-22-23(26)29-8-9-32(22)24(31-21)16(4)27-5/h6-14,16,27H,1-5H3,(H2,26,29)(H,30,33)/t16-/m0/s1. The van der Waals surface area contributed by atoms with Crippen LogP contribution in [0.15, 0.2) is 49.1 Å². The van der Waals surface area contributed by atoms with E-state index in [9.17, 15) is 4.79 Å². The quantitative estimate of drug-likeness (QED) is 0.409. The average Bonchev–Trinajstić information content (AvgIpc) is 3.19. The number of imidazole rings is 1. The third-order valence-corrected chi connectivity index (χ3v) is 5.85. The van der Waals surface area contributed by atoms with Crippen molar-refractivity contribution >= 4 is 22.9 Å². The van der Waals surface area contributed by atoms with Gasteiger partial charge in [-0.15, -0.1) is 0 Å². The summed E-state index contributed by atoms with van der Waals surface area (Å²) in [7, 11) is 1.87. The monoisotopic (exact) mass is 443 g/mol. The first-order valence-electron chi connectivity index (χ1n) is 11.0. The SMILES string of the molecule is CN[C@@H](C)c1nc(-c2cncc(C(=O)Nc3ccc(C(C)C)c(C)c3)c2)c2c(N)nccn12. The van der Waals surface area contributed by atoms with E-state index in [4.69, 9.17) is 10.7 Å². The van der Waals surface area contributed by atoms with E-state index in [0.717, 1.165) is 17.1 Å². The van der Waals surface area contributed by atoms with Crippen LogP contribution in [-0.4, -0.2) is 32.3 Å². The van der Waals surface area contributed by atoms with Crippen LogP contribution in [0.1, 0.15) is 60.0 Å². The molecule has 0 bridgehead atoms. The number of nitrogen functional groups attached to an aromatic ring is 1. The molecule has 1 amide bonds. The van der Waals surface area contributed by atoms with Gasteiger partial charge in [0.25, 0.3) is 5.91 Å². The molecule has 0 fully saturated rings. The summed E-state index contributed by atoms with van der Waals surface area (Å²) in [5.41, 5.74) is 11.8. The largest absolute Gasteiger partial charge is 0.382 e. The zero-order valence-corrected chi connectivity index (χ0v) is 19.5. The molecule has 0 saturated carbocycles. The third kappa shape index (κ3) is 4.29. The molecule has 8 heteroatoms. The zero-order chi connectivity index (χ0) is 23.7. The van der Waals surface area contributed by atoms with Crippen molar-refractivity contribution in [3.8, 4) is 11.3 Å². The average molecular weight is 444 g/mol. The van der Waals surface area contributed by atoms with Crippen molar-refractivity contribution < 1.29 is 4.79 Å². The van der Waals surface area contributed by atoms with Crippen LogP contribution in [0.5, 0.6) is 0 Å². The van der Waals surface area contributed by atoms with Crippen molar-refractivity contribution in [3.05, 3.63) is 71.6 Å². The number of nitrogens with two attached hydrogens (primary N) is 1. The Morgan fingerprint density at radius 2 is 1.94 bits per heavy atom. The van der Waals surface area contributed by atoms with Crippen molar-refractivity contribution in [3.63, 3.8) is 0 Å². The second kappa shape index (κ2) is 8.99. The van der Waals surface area contributed by atoms with Gasteiger partial charge in [0, 0.05) is 36.0 Å². The van der Waals surface area contributed by atoms with Gasteiger partial charge in [0.05, 0.1) is 11.6 Å². The lowest BCUT2D eigenvalue weighted by atomic mass is 9.97. The number of aromatic nitrogens is 4. The van der Waals surface area contributed by atoms with Gasteiger partial charge in [-0.1, -0.05) is 19.9 Å². The van der Waals surface area contributed by atoms with E-state index in [1.165, 1.54) is 5.56 Å². The van der Waals surface area contributed by atoms with Gasteiger partial charge in [0.2, 0.25) is 0 Å². The number of amides is 1. The second-order valence-electron chi connectivity index (χ2n) is 8.50. The first-order valence-corrected chi connectivity index (χ1v) is 11.0. The van der Waals surface area contributed by atoms with Crippen molar-refractivity contribution in [2.45, 2.75) is 39.7 Å². The molecule has 170 valence electrons. The van der Waals surface area contributed by atoms with Crippen LogP contribution >= 0.6 is 0 Å². The number of benzene rings is 1. The van der Waals surface area contributed by atoms with Gasteiger partial charge < -0.3 is 16.4 Å². The van der Waals surface area contributed by atoms with Crippen molar-refractivity contribution in [2.24, 2.45) is 0 Å². The maximum absolute atomic E-state index is 13.0. The molecule has 1 atom stereocenters. The normalized spacial score (nSPS) is 12.3. The highest BCUT2D eigenvalue weighted by Crippen LogP contribution is 2.30. The number of nitrogens with zero attached hydrogens (tertiary/aromatic N) is 4. The van der Waals surface area contributed by atoms with Crippen molar-refractivity contribution in [1.82, 2.24) is 24.7 Å². The maximum atomic E-state index is 13.0. The summed E-state index contributed by atoms with van der Waals surface area (Å²) in [6.45, 7) is 8.38. The fourth-order valence-electron chi connectivity index (χ4n) is 4.02. The lowest BCUT2D eigenvalue weighted by Gasteiger charge is -2.12. The number of carbonyl (C=O) groups excluding carboxylic acids is 1. The van der Waals surface area contributed by atoms with Crippen LogP contribution in [0.4, 0.5) is 11.5 Å². The summed E-state index contributed by atoms with van der Waals surface area (Å²) in [5.74, 6) is 1.36. The first-order chi connectivity index (χ1) is 15.8. The number of fused-ring (bicyclic) bond motifs is 1. The number of hydrogen-bond acceptors (Lipinski definition) is 6. The molecule has 0 radical (unpaired) electrons. The predicted molar refractivity (Wildman–Crippen MR) is 131 cm³/mol. The van der Waals surface area contributed by atoms with E-state index >= 15 is 0 Å². The fraction of sp³-hybridized carbons (Fsp3) is 0.280. The number of hydrogen-bond donors (Lipinski definition) is 3. The van der Waals surface area contributed by atoms with Gasteiger partial charge >= 0.3 is 0 Å². The molecule has 0 unspecified atom stereocenters. The van der Waals surface area contributed by atoms with Gasteiger partial charge in [0.15, 0.2) is 0 Å². The lowest BCUT2D eigenvalue weighted by molar-refractivity contribution is 0.102. The molecule has 0 spiro atoms. The summed E-state index contributed by atoms with van der Waals surface area (Å²) < 4.78 is 1.92. The molecular weight excluding hydrogens is 414 g/mol. The van der Waals surface area contributed by atoms with Crippen LogP contribution in [0.3, 0.4) is 0 Å². The Labute approximate surface area is 193 Å².